The fourth-order valence-corrected chi connectivity index (χ4v) is 2.00. The molecular formula is C13H18ClN5. The normalized spacial score (nSPS) is 10.7. The van der Waals surface area contributed by atoms with Crippen molar-refractivity contribution in [2.75, 3.05) is 5.32 Å². The Hall–Kier alpha value is -1.62. The molecule has 0 amide bonds. The van der Waals surface area contributed by atoms with Gasteiger partial charge in [-0.3, -0.25) is 4.68 Å². The van der Waals surface area contributed by atoms with Crippen LogP contribution in [0.1, 0.15) is 30.4 Å². The average molecular weight is 280 g/mol. The second kappa shape index (κ2) is 6.02. The Kier molecular flexibility index (Phi) is 4.37. The summed E-state index contributed by atoms with van der Waals surface area (Å²) in [5.41, 5.74) is 2.29. The highest BCUT2D eigenvalue weighted by Crippen LogP contribution is 2.14. The first-order valence-corrected chi connectivity index (χ1v) is 6.72. The fourth-order valence-electron chi connectivity index (χ4n) is 1.79. The molecule has 2 heterocycles. The minimum atomic E-state index is 0.476. The molecule has 0 aliphatic heterocycles. The minimum Gasteiger partial charge on any atom is -0.366 e. The predicted octanol–water partition coefficient (Wildman–Crippen LogP) is 2.74. The number of hydrogen-bond donors (Lipinski definition) is 1. The van der Waals surface area contributed by atoms with Gasteiger partial charge in [0.05, 0.1) is 6.20 Å². The molecule has 19 heavy (non-hydrogen) atoms. The Bertz CT molecular complexity index is 564. The standard InChI is InChI=1S/C13H18ClN5/c1-4-5-12-17-11(14)6-13(18-12)15-7-10-8-16-19(3)9(10)2/h6,8H,4-5,7H2,1-3H3,(H,15,17,18). The van der Waals surface area contributed by atoms with Crippen molar-refractivity contribution in [3.05, 3.63) is 34.5 Å². The van der Waals surface area contributed by atoms with Crippen LogP contribution >= 0.6 is 11.6 Å². The lowest BCUT2D eigenvalue weighted by atomic mass is 10.2. The van der Waals surface area contributed by atoms with Gasteiger partial charge in [0.1, 0.15) is 16.8 Å². The van der Waals surface area contributed by atoms with E-state index in [1.54, 1.807) is 6.07 Å². The number of anilines is 1. The smallest absolute Gasteiger partial charge is 0.134 e. The van der Waals surface area contributed by atoms with Gasteiger partial charge in [-0.2, -0.15) is 5.10 Å². The first-order valence-electron chi connectivity index (χ1n) is 6.35. The minimum absolute atomic E-state index is 0.476. The van der Waals surface area contributed by atoms with E-state index >= 15 is 0 Å². The Labute approximate surface area is 118 Å². The second-order valence-electron chi connectivity index (χ2n) is 4.47. The molecule has 102 valence electrons. The van der Waals surface area contributed by atoms with E-state index in [1.165, 1.54) is 0 Å². The van der Waals surface area contributed by atoms with E-state index in [1.807, 2.05) is 24.9 Å². The van der Waals surface area contributed by atoms with Gasteiger partial charge in [-0.1, -0.05) is 18.5 Å². The molecular weight excluding hydrogens is 262 g/mol. The summed E-state index contributed by atoms with van der Waals surface area (Å²) in [6.07, 6.45) is 3.70. The first-order chi connectivity index (χ1) is 9.10. The maximum atomic E-state index is 6.00. The van der Waals surface area contributed by atoms with Gasteiger partial charge in [0.25, 0.3) is 0 Å². The third-order valence-electron chi connectivity index (χ3n) is 3.01. The van der Waals surface area contributed by atoms with E-state index < -0.39 is 0 Å². The van der Waals surface area contributed by atoms with Crippen LogP contribution in [0.25, 0.3) is 0 Å². The molecule has 1 N–H and O–H groups in total. The summed E-state index contributed by atoms with van der Waals surface area (Å²) in [6, 6.07) is 1.74. The molecule has 0 radical (unpaired) electrons. The van der Waals surface area contributed by atoms with E-state index in [0.29, 0.717) is 11.7 Å². The van der Waals surface area contributed by atoms with Gasteiger partial charge in [-0.15, -0.1) is 0 Å². The van der Waals surface area contributed by atoms with E-state index in [0.717, 1.165) is 35.7 Å². The molecule has 6 heteroatoms. The number of aryl methyl sites for hydroxylation is 2. The number of aromatic nitrogens is 4. The monoisotopic (exact) mass is 279 g/mol. The molecule has 2 rings (SSSR count). The van der Waals surface area contributed by atoms with Gasteiger partial charge >= 0.3 is 0 Å². The van der Waals surface area contributed by atoms with Crippen LogP contribution in [-0.2, 0) is 20.0 Å². The van der Waals surface area contributed by atoms with Crippen LogP contribution in [-0.4, -0.2) is 19.7 Å². The lowest BCUT2D eigenvalue weighted by molar-refractivity contribution is 0.738. The molecule has 0 aliphatic carbocycles. The van der Waals surface area contributed by atoms with Gasteiger partial charge in [-0.25, -0.2) is 9.97 Å². The fraction of sp³-hybridized carbons (Fsp3) is 0.462. The van der Waals surface area contributed by atoms with Crippen molar-refractivity contribution >= 4 is 17.4 Å². The summed E-state index contributed by atoms with van der Waals surface area (Å²) >= 11 is 6.00. The number of hydrogen-bond acceptors (Lipinski definition) is 4. The Balaban J connectivity index is 2.08. The van der Waals surface area contributed by atoms with Crippen molar-refractivity contribution in [3.63, 3.8) is 0 Å². The summed E-state index contributed by atoms with van der Waals surface area (Å²) in [7, 11) is 1.93. The van der Waals surface area contributed by atoms with E-state index in [-0.39, 0.29) is 0 Å². The molecule has 0 unspecified atom stereocenters. The number of nitrogens with one attached hydrogen (secondary N) is 1. The highest BCUT2D eigenvalue weighted by atomic mass is 35.5. The lowest BCUT2D eigenvalue weighted by Crippen LogP contribution is -2.05. The summed E-state index contributed by atoms with van der Waals surface area (Å²) in [4.78, 5) is 8.64. The highest BCUT2D eigenvalue weighted by molar-refractivity contribution is 6.29. The third-order valence-corrected chi connectivity index (χ3v) is 3.21. The molecule has 2 aromatic rings. The molecule has 5 nitrogen and oxygen atoms in total. The molecule has 0 aliphatic rings. The van der Waals surface area contributed by atoms with Crippen LogP contribution in [0.15, 0.2) is 12.3 Å². The van der Waals surface area contributed by atoms with Crippen molar-refractivity contribution < 1.29 is 0 Å². The number of rotatable bonds is 5. The van der Waals surface area contributed by atoms with Crippen molar-refractivity contribution in [1.29, 1.82) is 0 Å². The van der Waals surface area contributed by atoms with Crippen LogP contribution in [0, 0.1) is 6.92 Å². The first kappa shape index (κ1) is 13.8. The molecule has 0 saturated carbocycles. The molecule has 0 fully saturated rings. The summed E-state index contributed by atoms with van der Waals surface area (Å²) in [5, 5.41) is 7.95. The van der Waals surface area contributed by atoms with E-state index in [4.69, 9.17) is 11.6 Å². The van der Waals surface area contributed by atoms with Gasteiger partial charge < -0.3 is 5.32 Å². The zero-order valence-electron chi connectivity index (χ0n) is 11.4. The van der Waals surface area contributed by atoms with Crippen LogP contribution < -0.4 is 5.32 Å². The molecule has 0 saturated heterocycles. The van der Waals surface area contributed by atoms with Crippen LogP contribution in [0.3, 0.4) is 0 Å². The third kappa shape index (κ3) is 3.44. The zero-order valence-corrected chi connectivity index (χ0v) is 12.2. The van der Waals surface area contributed by atoms with E-state index in [2.05, 4.69) is 27.3 Å². The van der Waals surface area contributed by atoms with Crippen LogP contribution in [0.5, 0.6) is 0 Å². The van der Waals surface area contributed by atoms with Crippen LogP contribution in [0.2, 0.25) is 5.15 Å². The quantitative estimate of drug-likeness (QED) is 0.855. The van der Waals surface area contributed by atoms with Gasteiger partial charge in [0.2, 0.25) is 0 Å². The van der Waals surface area contributed by atoms with Crippen molar-refractivity contribution in [1.82, 2.24) is 19.7 Å². The zero-order chi connectivity index (χ0) is 13.8. The highest BCUT2D eigenvalue weighted by Gasteiger charge is 2.06. The Morgan fingerprint density at radius 2 is 2.16 bits per heavy atom. The summed E-state index contributed by atoms with van der Waals surface area (Å²) in [6.45, 7) is 4.81. The molecule has 0 atom stereocenters. The van der Waals surface area contributed by atoms with Crippen molar-refractivity contribution in [2.24, 2.45) is 7.05 Å². The predicted molar refractivity (Wildman–Crippen MR) is 76.3 cm³/mol. The Morgan fingerprint density at radius 1 is 1.37 bits per heavy atom. The largest absolute Gasteiger partial charge is 0.366 e. The van der Waals surface area contributed by atoms with Gasteiger partial charge in [0.15, 0.2) is 0 Å². The number of halogens is 1. The summed E-state index contributed by atoms with van der Waals surface area (Å²) in [5.74, 6) is 1.53. The van der Waals surface area contributed by atoms with Crippen molar-refractivity contribution in [2.45, 2.75) is 33.2 Å². The lowest BCUT2D eigenvalue weighted by Gasteiger charge is -2.07. The molecule has 2 aromatic heterocycles. The van der Waals surface area contributed by atoms with Gasteiger partial charge in [-0.05, 0) is 13.3 Å². The number of nitrogens with zero attached hydrogens (tertiary/aromatic N) is 4. The molecule has 0 bridgehead atoms. The Morgan fingerprint density at radius 3 is 2.79 bits per heavy atom. The van der Waals surface area contributed by atoms with Crippen molar-refractivity contribution in [3.8, 4) is 0 Å². The average Bonchev–Trinajstić information content (AvgIpc) is 2.67. The summed E-state index contributed by atoms with van der Waals surface area (Å²) < 4.78 is 1.85. The second-order valence-corrected chi connectivity index (χ2v) is 4.86. The van der Waals surface area contributed by atoms with E-state index in [9.17, 15) is 0 Å². The molecule has 0 spiro atoms. The SMILES string of the molecule is CCCc1nc(Cl)cc(NCc2cnn(C)c2C)n1. The van der Waals surface area contributed by atoms with Crippen LogP contribution in [0.4, 0.5) is 5.82 Å². The maximum Gasteiger partial charge on any atom is 0.134 e. The van der Waals surface area contributed by atoms with Gasteiger partial charge in [0, 0.05) is 37.3 Å². The topological polar surface area (TPSA) is 55.6 Å². The maximum absolute atomic E-state index is 6.00. The molecule has 0 aromatic carbocycles.